The number of carbonyl (C=O) groups is 1. The van der Waals surface area contributed by atoms with Gasteiger partial charge >= 0.3 is 0 Å². The first-order valence-corrected chi connectivity index (χ1v) is 9.50. The highest BCUT2D eigenvalue weighted by atomic mass is 19.1. The van der Waals surface area contributed by atoms with Crippen molar-refractivity contribution < 1.29 is 23.0 Å². The maximum absolute atomic E-state index is 13.7. The normalized spacial score (nSPS) is 11.9. The van der Waals surface area contributed by atoms with Crippen LogP contribution in [0.4, 0.5) is 14.6 Å². The summed E-state index contributed by atoms with van der Waals surface area (Å²) in [7, 11) is 0. The molecule has 0 spiro atoms. The minimum atomic E-state index is -1.04. The maximum Gasteiger partial charge on any atom is 0.262 e. The van der Waals surface area contributed by atoms with Crippen molar-refractivity contribution in [3.05, 3.63) is 65.6 Å². The second kappa shape index (κ2) is 9.30. The van der Waals surface area contributed by atoms with Gasteiger partial charge in [-0.15, -0.1) is 0 Å². The number of carbonyl (C=O) groups excluding carboxylic acids is 1. The zero-order chi connectivity index (χ0) is 21.7. The minimum Gasteiger partial charge on any atom is -0.486 e. The molecule has 30 heavy (non-hydrogen) atoms. The number of fused-ring (bicyclic) bond motifs is 1. The van der Waals surface area contributed by atoms with Crippen molar-refractivity contribution in [2.45, 2.75) is 20.8 Å². The number of ether oxygens (including phenoxy) is 2. The van der Waals surface area contributed by atoms with Gasteiger partial charge in [-0.1, -0.05) is 13.8 Å². The summed E-state index contributed by atoms with van der Waals surface area (Å²) in [6.45, 7) is 6.94. The molecule has 4 rings (SSSR count). The van der Waals surface area contributed by atoms with Crippen LogP contribution in [0, 0.1) is 18.6 Å². The van der Waals surface area contributed by atoms with Crippen molar-refractivity contribution in [3.63, 3.8) is 0 Å². The third kappa shape index (κ3) is 4.37. The number of hydrogen-bond acceptors (Lipinski definition) is 5. The van der Waals surface area contributed by atoms with Crippen LogP contribution in [0.1, 0.15) is 29.8 Å². The average molecular weight is 413 g/mol. The van der Waals surface area contributed by atoms with Crippen molar-refractivity contribution in [3.8, 4) is 22.6 Å². The molecule has 0 saturated heterocycles. The molecule has 0 aliphatic carbocycles. The topological polar surface area (TPSA) is 73.3 Å². The summed E-state index contributed by atoms with van der Waals surface area (Å²) in [5.74, 6) is -1.49. The Balaban J connectivity index is 0.00000124. The third-order valence-corrected chi connectivity index (χ3v) is 4.29. The van der Waals surface area contributed by atoms with Crippen molar-refractivity contribution in [2.75, 3.05) is 18.5 Å². The highest BCUT2D eigenvalue weighted by molar-refractivity contribution is 6.04. The number of aromatic nitrogens is 2. The molecule has 1 amide bonds. The van der Waals surface area contributed by atoms with Crippen LogP contribution in [-0.2, 0) is 0 Å². The molecule has 3 heterocycles. The second-order valence-corrected chi connectivity index (χ2v) is 6.18. The number of amides is 1. The summed E-state index contributed by atoms with van der Waals surface area (Å²) in [5, 5.41) is 2.38. The Bertz CT molecular complexity index is 1040. The summed E-state index contributed by atoms with van der Waals surface area (Å²) >= 11 is 0. The minimum absolute atomic E-state index is 0.166. The molecular weight excluding hydrogens is 392 g/mol. The monoisotopic (exact) mass is 413 g/mol. The van der Waals surface area contributed by atoms with Gasteiger partial charge in [-0.05, 0) is 42.3 Å². The number of pyridine rings is 2. The molecule has 3 aromatic rings. The molecule has 1 aromatic carbocycles. The van der Waals surface area contributed by atoms with Crippen molar-refractivity contribution in [2.24, 2.45) is 0 Å². The fraction of sp³-hybridized carbons (Fsp3) is 0.227. The zero-order valence-electron chi connectivity index (χ0n) is 16.8. The van der Waals surface area contributed by atoms with Gasteiger partial charge in [-0.2, -0.15) is 0 Å². The summed E-state index contributed by atoms with van der Waals surface area (Å²) < 4.78 is 38.5. The lowest BCUT2D eigenvalue weighted by atomic mass is 10.0. The number of benzene rings is 1. The fourth-order valence-corrected chi connectivity index (χ4v) is 2.94. The lowest BCUT2D eigenvalue weighted by molar-refractivity contribution is 0.101. The van der Waals surface area contributed by atoms with Crippen LogP contribution in [0.2, 0.25) is 0 Å². The molecule has 1 aliphatic rings. The molecule has 8 heteroatoms. The standard InChI is InChI=1S/C20H15F2N3O3.C2H6/c1-11-6-16-17(28-5-4-27-16)7-13(11)12-2-3-18(24-8-12)25-20(26)19-14(21)9-23-10-15(19)22;1-2/h2-3,6-10H,4-5H2,1H3,(H,24,25,26);1-2H3. The van der Waals surface area contributed by atoms with Gasteiger partial charge in [0.05, 0.1) is 12.4 Å². The molecule has 0 unspecified atom stereocenters. The Labute approximate surface area is 172 Å². The van der Waals surface area contributed by atoms with E-state index in [1.807, 2.05) is 32.9 Å². The van der Waals surface area contributed by atoms with Crippen LogP contribution in [0.3, 0.4) is 0 Å². The van der Waals surface area contributed by atoms with Crippen molar-refractivity contribution in [1.29, 1.82) is 0 Å². The SMILES string of the molecule is CC.Cc1cc2c(cc1-c1ccc(NC(=O)c3c(F)cncc3F)nc1)OCCO2. The van der Waals surface area contributed by atoms with Crippen molar-refractivity contribution in [1.82, 2.24) is 9.97 Å². The molecule has 0 bridgehead atoms. The first-order chi connectivity index (χ1) is 14.5. The number of rotatable bonds is 3. The van der Waals surface area contributed by atoms with Crippen LogP contribution < -0.4 is 14.8 Å². The van der Waals surface area contributed by atoms with Gasteiger partial charge in [0.2, 0.25) is 0 Å². The molecule has 156 valence electrons. The Morgan fingerprint density at radius 2 is 1.63 bits per heavy atom. The van der Waals surface area contributed by atoms with Gasteiger partial charge in [0.1, 0.15) is 24.6 Å². The van der Waals surface area contributed by atoms with E-state index in [-0.39, 0.29) is 5.82 Å². The van der Waals surface area contributed by atoms with E-state index < -0.39 is 23.1 Å². The lowest BCUT2D eigenvalue weighted by Gasteiger charge is -2.20. The van der Waals surface area contributed by atoms with Gasteiger partial charge in [0.25, 0.3) is 5.91 Å². The molecule has 0 saturated carbocycles. The third-order valence-electron chi connectivity index (χ3n) is 4.29. The van der Waals surface area contributed by atoms with E-state index in [2.05, 4.69) is 15.3 Å². The average Bonchev–Trinajstić information content (AvgIpc) is 2.75. The van der Waals surface area contributed by atoms with Crippen LogP contribution >= 0.6 is 0 Å². The second-order valence-electron chi connectivity index (χ2n) is 6.18. The first-order valence-electron chi connectivity index (χ1n) is 9.50. The number of nitrogens with zero attached hydrogens (tertiary/aromatic N) is 2. The number of halogens is 2. The lowest BCUT2D eigenvalue weighted by Crippen LogP contribution is -2.17. The first kappa shape index (κ1) is 21.2. The molecule has 0 fully saturated rings. The summed E-state index contributed by atoms with van der Waals surface area (Å²) in [5.41, 5.74) is 1.97. The number of anilines is 1. The number of nitrogens with one attached hydrogen (secondary N) is 1. The quantitative estimate of drug-likeness (QED) is 0.669. The zero-order valence-corrected chi connectivity index (χ0v) is 16.8. The largest absolute Gasteiger partial charge is 0.486 e. The highest BCUT2D eigenvalue weighted by Gasteiger charge is 2.19. The summed E-state index contributed by atoms with van der Waals surface area (Å²) in [6.07, 6.45) is 3.12. The van der Waals surface area contributed by atoms with Crippen molar-refractivity contribution >= 4 is 11.7 Å². The van der Waals surface area contributed by atoms with Crippen LogP contribution in [-0.4, -0.2) is 29.1 Å². The highest BCUT2D eigenvalue weighted by Crippen LogP contribution is 2.37. The molecule has 0 atom stereocenters. The number of hydrogen-bond donors (Lipinski definition) is 1. The van der Waals surface area contributed by atoms with Gasteiger partial charge in [0, 0.05) is 11.8 Å². The smallest absolute Gasteiger partial charge is 0.262 e. The fourth-order valence-electron chi connectivity index (χ4n) is 2.94. The molecule has 6 nitrogen and oxygen atoms in total. The van der Waals surface area contributed by atoms with E-state index in [1.54, 1.807) is 18.3 Å². The Kier molecular flexibility index (Phi) is 6.56. The van der Waals surface area contributed by atoms with E-state index in [9.17, 15) is 13.6 Å². The van der Waals surface area contributed by atoms with Crippen LogP contribution in [0.15, 0.2) is 42.9 Å². The Morgan fingerprint density at radius 3 is 2.23 bits per heavy atom. The molecule has 1 N–H and O–H groups in total. The Morgan fingerprint density at radius 1 is 1.00 bits per heavy atom. The van der Waals surface area contributed by atoms with Gasteiger partial charge in [0.15, 0.2) is 23.1 Å². The predicted molar refractivity (Wildman–Crippen MR) is 109 cm³/mol. The summed E-state index contributed by atoms with van der Waals surface area (Å²) in [6, 6.07) is 7.08. The number of aryl methyl sites for hydroxylation is 1. The summed E-state index contributed by atoms with van der Waals surface area (Å²) in [4.78, 5) is 19.7. The van der Waals surface area contributed by atoms with Gasteiger partial charge in [-0.3, -0.25) is 9.78 Å². The van der Waals surface area contributed by atoms with E-state index >= 15 is 0 Å². The Hall–Kier alpha value is -3.55. The molecule has 0 radical (unpaired) electrons. The predicted octanol–water partition coefficient (Wildman–Crippen LogP) is 4.78. The van der Waals surface area contributed by atoms with E-state index in [0.717, 1.165) is 29.1 Å². The van der Waals surface area contributed by atoms with Crippen LogP contribution in [0.25, 0.3) is 11.1 Å². The van der Waals surface area contributed by atoms with E-state index in [1.165, 1.54) is 0 Å². The van der Waals surface area contributed by atoms with Gasteiger partial charge < -0.3 is 14.8 Å². The maximum atomic E-state index is 13.7. The van der Waals surface area contributed by atoms with E-state index in [4.69, 9.17) is 9.47 Å². The van der Waals surface area contributed by atoms with Crippen LogP contribution in [0.5, 0.6) is 11.5 Å². The van der Waals surface area contributed by atoms with Gasteiger partial charge in [-0.25, -0.2) is 13.8 Å². The molecule has 2 aromatic heterocycles. The molecular formula is C22H21F2N3O3. The molecule has 1 aliphatic heterocycles. The van der Waals surface area contributed by atoms with E-state index in [0.29, 0.717) is 24.7 Å².